The number of benzene rings is 8. The number of rotatable bonds is 4. The molecule has 1 aromatic heterocycles. The fraction of sp³-hybridized carbons (Fsp3) is 0.0400. The maximum atomic E-state index is 2.44. The number of aromatic nitrogens is 1. The molecule has 238 valence electrons. The Balaban J connectivity index is 0.990. The highest BCUT2D eigenvalue weighted by atomic mass is 15.0. The molecule has 1 heterocycles. The first-order valence-corrected chi connectivity index (χ1v) is 17.9. The summed E-state index contributed by atoms with van der Waals surface area (Å²) in [6.07, 6.45) is 0. The first-order chi connectivity index (χ1) is 25.3. The second kappa shape index (κ2) is 11.0. The lowest BCUT2D eigenvalue weighted by Gasteiger charge is -2.16. The number of fused-ring (bicyclic) bond motifs is 9. The van der Waals surface area contributed by atoms with Crippen LogP contribution in [-0.2, 0) is 0 Å². The molecule has 0 radical (unpaired) electrons. The lowest BCUT2D eigenvalue weighted by molar-refractivity contribution is 1.02. The van der Waals surface area contributed by atoms with Crippen LogP contribution in [0.25, 0.3) is 60.9 Å². The SMILES string of the molecule is c1cc(-c2ccc(-n3c4ccccc4c4cc(C5c6ccccc6-c6ccccc65)ccc43)cc2)cc(C2c3ccccc3-c3ccccc32)c1. The second-order valence-electron chi connectivity index (χ2n) is 14.0. The van der Waals surface area contributed by atoms with Crippen molar-refractivity contribution < 1.29 is 0 Å². The Morgan fingerprint density at radius 2 is 0.804 bits per heavy atom. The maximum absolute atomic E-state index is 2.44. The summed E-state index contributed by atoms with van der Waals surface area (Å²) in [6.45, 7) is 0. The summed E-state index contributed by atoms with van der Waals surface area (Å²) < 4.78 is 2.43. The lowest BCUT2D eigenvalue weighted by Crippen LogP contribution is -2.00. The molecule has 0 spiro atoms. The summed E-state index contributed by atoms with van der Waals surface area (Å²) in [5.74, 6) is 0.468. The lowest BCUT2D eigenvalue weighted by atomic mass is 9.88. The molecule has 8 aromatic carbocycles. The van der Waals surface area contributed by atoms with Gasteiger partial charge in [-0.1, -0.05) is 158 Å². The van der Waals surface area contributed by atoms with Crippen molar-refractivity contribution in [2.24, 2.45) is 0 Å². The molecular weight excluding hydrogens is 615 g/mol. The molecule has 0 saturated heterocycles. The summed E-state index contributed by atoms with van der Waals surface area (Å²) in [6, 6.07) is 69.8. The van der Waals surface area contributed by atoms with Crippen molar-refractivity contribution in [2.75, 3.05) is 0 Å². The first-order valence-electron chi connectivity index (χ1n) is 17.9. The Hall–Kier alpha value is -6.44. The molecule has 0 unspecified atom stereocenters. The Morgan fingerprint density at radius 3 is 1.39 bits per heavy atom. The minimum atomic E-state index is 0.227. The Kier molecular flexibility index (Phi) is 6.15. The fourth-order valence-electron chi connectivity index (χ4n) is 9.18. The summed E-state index contributed by atoms with van der Waals surface area (Å²) >= 11 is 0. The molecule has 0 amide bonds. The van der Waals surface area contributed by atoms with Crippen LogP contribution in [0.5, 0.6) is 0 Å². The molecule has 1 heteroatoms. The fourth-order valence-corrected chi connectivity index (χ4v) is 9.18. The predicted octanol–water partition coefficient (Wildman–Crippen LogP) is 12.8. The molecule has 51 heavy (non-hydrogen) atoms. The van der Waals surface area contributed by atoms with Gasteiger partial charge in [-0.3, -0.25) is 0 Å². The van der Waals surface area contributed by atoms with Crippen LogP contribution in [0.3, 0.4) is 0 Å². The zero-order chi connectivity index (χ0) is 33.5. The Labute approximate surface area is 297 Å². The van der Waals surface area contributed by atoms with E-state index >= 15 is 0 Å². The van der Waals surface area contributed by atoms with Crippen LogP contribution < -0.4 is 0 Å². The van der Waals surface area contributed by atoms with Crippen molar-refractivity contribution in [3.63, 3.8) is 0 Å². The van der Waals surface area contributed by atoms with Gasteiger partial charge in [0.15, 0.2) is 0 Å². The van der Waals surface area contributed by atoms with Gasteiger partial charge in [-0.25, -0.2) is 0 Å². The summed E-state index contributed by atoms with van der Waals surface area (Å²) in [5.41, 5.74) is 19.7. The van der Waals surface area contributed by atoms with Gasteiger partial charge in [0, 0.05) is 28.3 Å². The first kappa shape index (κ1) is 28.4. The van der Waals surface area contributed by atoms with Crippen LogP contribution in [0.1, 0.15) is 45.2 Å². The van der Waals surface area contributed by atoms with E-state index in [1.54, 1.807) is 0 Å². The third-order valence-electron chi connectivity index (χ3n) is 11.4. The molecule has 0 fully saturated rings. The normalized spacial score (nSPS) is 13.3. The Bertz CT molecular complexity index is 2720. The highest BCUT2D eigenvalue weighted by Gasteiger charge is 2.31. The molecule has 0 N–H and O–H groups in total. The zero-order valence-corrected chi connectivity index (χ0v) is 28.0. The topological polar surface area (TPSA) is 4.93 Å². The summed E-state index contributed by atoms with van der Waals surface area (Å²) in [4.78, 5) is 0. The average Bonchev–Trinajstić information content (AvgIpc) is 3.84. The molecule has 0 bridgehead atoms. The van der Waals surface area contributed by atoms with E-state index in [1.165, 1.54) is 94.3 Å². The predicted molar refractivity (Wildman–Crippen MR) is 212 cm³/mol. The number of hydrogen-bond donors (Lipinski definition) is 0. The van der Waals surface area contributed by atoms with Crippen molar-refractivity contribution in [3.8, 4) is 39.1 Å². The number of hydrogen-bond acceptors (Lipinski definition) is 0. The van der Waals surface area contributed by atoms with E-state index in [9.17, 15) is 0 Å². The largest absolute Gasteiger partial charge is 0.309 e. The third kappa shape index (κ3) is 4.22. The van der Waals surface area contributed by atoms with E-state index in [1.807, 2.05) is 0 Å². The monoisotopic (exact) mass is 647 g/mol. The molecule has 2 aliphatic carbocycles. The van der Waals surface area contributed by atoms with E-state index in [0.717, 1.165) is 0 Å². The van der Waals surface area contributed by atoms with E-state index in [4.69, 9.17) is 0 Å². The third-order valence-corrected chi connectivity index (χ3v) is 11.4. The molecule has 11 rings (SSSR count). The van der Waals surface area contributed by atoms with Crippen molar-refractivity contribution >= 4 is 21.8 Å². The minimum Gasteiger partial charge on any atom is -0.309 e. The zero-order valence-electron chi connectivity index (χ0n) is 28.0. The molecule has 2 aliphatic rings. The van der Waals surface area contributed by atoms with Crippen molar-refractivity contribution in [1.82, 2.24) is 4.57 Å². The van der Waals surface area contributed by atoms with E-state index in [-0.39, 0.29) is 11.8 Å². The van der Waals surface area contributed by atoms with E-state index in [2.05, 4.69) is 193 Å². The van der Waals surface area contributed by atoms with Gasteiger partial charge in [0.05, 0.1) is 11.0 Å². The molecule has 1 nitrogen and oxygen atoms in total. The second-order valence-corrected chi connectivity index (χ2v) is 14.0. The quantitative estimate of drug-likeness (QED) is 0.179. The van der Waals surface area contributed by atoms with Gasteiger partial charge < -0.3 is 4.57 Å². The van der Waals surface area contributed by atoms with Crippen LogP contribution in [0.15, 0.2) is 188 Å². The molecule has 0 saturated carbocycles. The molecule has 0 atom stereocenters. The number of para-hydroxylation sites is 1. The molecule has 9 aromatic rings. The van der Waals surface area contributed by atoms with Gasteiger partial charge in [0.1, 0.15) is 0 Å². The highest BCUT2D eigenvalue weighted by Crippen LogP contribution is 2.50. The van der Waals surface area contributed by atoms with Gasteiger partial charge in [0.2, 0.25) is 0 Å². The minimum absolute atomic E-state index is 0.227. The van der Waals surface area contributed by atoms with Gasteiger partial charge in [0.25, 0.3) is 0 Å². The van der Waals surface area contributed by atoms with Crippen molar-refractivity contribution in [1.29, 1.82) is 0 Å². The van der Waals surface area contributed by atoms with Gasteiger partial charge in [-0.15, -0.1) is 0 Å². The van der Waals surface area contributed by atoms with Crippen LogP contribution in [0.2, 0.25) is 0 Å². The summed E-state index contributed by atoms with van der Waals surface area (Å²) in [7, 11) is 0. The summed E-state index contributed by atoms with van der Waals surface area (Å²) in [5, 5.41) is 2.57. The van der Waals surface area contributed by atoms with Crippen molar-refractivity contribution in [3.05, 3.63) is 221 Å². The molecule has 0 aliphatic heterocycles. The standard InChI is InChI=1S/C50H33N/c1-5-19-42-37(14-1)38-15-2-6-20-43(38)49(42)34-13-11-12-33(30-34)32-24-27-36(28-25-32)51-47-23-10-9-18-41(47)46-31-35(26-29-48(46)51)50-44-21-7-3-16-39(44)40-17-4-8-22-45(40)50/h1-31,49-50H. The van der Waals surface area contributed by atoms with E-state index < -0.39 is 0 Å². The van der Waals surface area contributed by atoms with E-state index in [0.29, 0.717) is 0 Å². The van der Waals surface area contributed by atoms with Gasteiger partial charge >= 0.3 is 0 Å². The number of nitrogens with zero attached hydrogens (tertiary/aromatic N) is 1. The van der Waals surface area contributed by atoms with Gasteiger partial charge in [-0.2, -0.15) is 0 Å². The highest BCUT2D eigenvalue weighted by molar-refractivity contribution is 6.09. The van der Waals surface area contributed by atoms with Crippen LogP contribution in [-0.4, -0.2) is 4.57 Å². The Morgan fingerprint density at radius 1 is 0.314 bits per heavy atom. The maximum Gasteiger partial charge on any atom is 0.0541 e. The molecular formula is C50H33N. The smallest absolute Gasteiger partial charge is 0.0541 e. The van der Waals surface area contributed by atoms with Crippen LogP contribution in [0.4, 0.5) is 0 Å². The van der Waals surface area contributed by atoms with Crippen LogP contribution >= 0.6 is 0 Å². The average molecular weight is 648 g/mol. The van der Waals surface area contributed by atoms with Gasteiger partial charge in [-0.05, 0) is 97.1 Å². The van der Waals surface area contributed by atoms with Crippen LogP contribution in [0, 0.1) is 0 Å². The van der Waals surface area contributed by atoms with Crippen molar-refractivity contribution in [2.45, 2.75) is 11.8 Å².